The molecule has 114 valence electrons. The summed E-state index contributed by atoms with van der Waals surface area (Å²) in [5, 5.41) is 0.157. The Morgan fingerprint density at radius 3 is 2.35 bits per heavy atom. The Hall–Kier alpha value is -0.640. The molecule has 2 unspecified atom stereocenters. The molecule has 1 rings (SSSR count). The summed E-state index contributed by atoms with van der Waals surface area (Å²) in [6, 6.07) is 4.89. The second kappa shape index (κ2) is 7.39. The first-order valence-electron chi connectivity index (χ1n) is 7.33. The van der Waals surface area contributed by atoms with E-state index in [-0.39, 0.29) is 22.4 Å². The minimum absolute atomic E-state index is 0.0482. The molecule has 1 aromatic carbocycles. The zero-order valence-corrected chi connectivity index (χ0v) is 13.7. The lowest BCUT2D eigenvalue weighted by Gasteiger charge is -2.44. The number of rotatable bonds is 7. The zero-order chi connectivity index (χ0) is 15.3. The highest BCUT2D eigenvalue weighted by molar-refractivity contribution is 6.30. The van der Waals surface area contributed by atoms with Crippen LogP contribution in [-0.4, -0.2) is 29.6 Å². The van der Waals surface area contributed by atoms with Gasteiger partial charge in [0.2, 0.25) is 0 Å². The summed E-state index contributed by atoms with van der Waals surface area (Å²) in [7, 11) is 0. The quantitative estimate of drug-likeness (QED) is 0.828. The second-order valence-electron chi connectivity index (χ2n) is 5.44. The van der Waals surface area contributed by atoms with E-state index in [9.17, 15) is 4.39 Å². The van der Waals surface area contributed by atoms with E-state index in [1.54, 1.807) is 6.07 Å². The maximum atomic E-state index is 13.5. The van der Waals surface area contributed by atoms with Crippen LogP contribution in [0, 0.1) is 5.82 Å². The molecule has 4 heteroatoms. The van der Waals surface area contributed by atoms with Crippen molar-refractivity contribution in [2.24, 2.45) is 5.73 Å². The molecule has 1 aromatic rings. The van der Waals surface area contributed by atoms with Gasteiger partial charge < -0.3 is 5.73 Å². The van der Waals surface area contributed by atoms with Crippen molar-refractivity contribution in [2.75, 3.05) is 13.1 Å². The first-order chi connectivity index (χ1) is 9.38. The van der Waals surface area contributed by atoms with Crippen molar-refractivity contribution >= 4 is 11.6 Å². The molecular weight excluding hydrogens is 275 g/mol. The van der Waals surface area contributed by atoms with Crippen LogP contribution in [0.15, 0.2) is 18.2 Å². The van der Waals surface area contributed by atoms with Gasteiger partial charge in [-0.25, -0.2) is 4.39 Å². The average Bonchev–Trinajstić information content (AvgIpc) is 2.43. The van der Waals surface area contributed by atoms with E-state index in [1.807, 2.05) is 6.07 Å². The Morgan fingerprint density at radius 2 is 1.90 bits per heavy atom. The summed E-state index contributed by atoms with van der Waals surface area (Å²) >= 11 is 5.72. The van der Waals surface area contributed by atoms with E-state index in [1.165, 1.54) is 6.07 Å². The van der Waals surface area contributed by atoms with Gasteiger partial charge in [0.15, 0.2) is 0 Å². The van der Waals surface area contributed by atoms with Crippen LogP contribution in [-0.2, 0) is 6.42 Å². The molecule has 0 amide bonds. The van der Waals surface area contributed by atoms with Crippen LogP contribution >= 0.6 is 11.6 Å². The van der Waals surface area contributed by atoms with Crippen molar-refractivity contribution in [1.29, 1.82) is 0 Å². The molecule has 0 saturated heterocycles. The Bertz CT molecular complexity index is 434. The van der Waals surface area contributed by atoms with E-state index in [0.717, 1.165) is 25.1 Å². The van der Waals surface area contributed by atoms with E-state index in [2.05, 4.69) is 32.6 Å². The number of benzene rings is 1. The first kappa shape index (κ1) is 17.4. The number of nitrogens with zero attached hydrogens (tertiary/aromatic N) is 1. The molecule has 20 heavy (non-hydrogen) atoms. The van der Waals surface area contributed by atoms with E-state index in [0.29, 0.717) is 6.42 Å². The molecule has 0 aromatic heterocycles. The highest BCUT2D eigenvalue weighted by Crippen LogP contribution is 2.25. The average molecular weight is 301 g/mol. The first-order valence-corrected chi connectivity index (χ1v) is 7.71. The lowest BCUT2D eigenvalue weighted by Crippen LogP contribution is -2.58. The standard InChI is InChI=1S/C16H26ClFN2/c1-5-16(4,20(6-2)7-3)15(19)11-12-8-9-13(17)14(18)10-12/h8-10,15H,5-7,11,19H2,1-4H3. The smallest absolute Gasteiger partial charge is 0.142 e. The molecule has 2 atom stereocenters. The maximum Gasteiger partial charge on any atom is 0.142 e. The van der Waals surface area contributed by atoms with Gasteiger partial charge >= 0.3 is 0 Å². The molecule has 0 aliphatic carbocycles. The van der Waals surface area contributed by atoms with Gasteiger partial charge in [-0.15, -0.1) is 0 Å². The highest BCUT2D eigenvalue weighted by atomic mass is 35.5. The van der Waals surface area contributed by atoms with Crippen LogP contribution in [0.3, 0.4) is 0 Å². The lowest BCUT2D eigenvalue weighted by atomic mass is 9.84. The van der Waals surface area contributed by atoms with Gasteiger partial charge in [0, 0.05) is 11.6 Å². The molecule has 0 aliphatic rings. The predicted octanol–water partition coefficient (Wildman–Crippen LogP) is 3.86. The number of hydrogen-bond acceptors (Lipinski definition) is 2. The van der Waals surface area contributed by atoms with Crippen molar-refractivity contribution in [3.8, 4) is 0 Å². The number of hydrogen-bond donors (Lipinski definition) is 1. The summed E-state index contributed by atoms with van der Waals surface area (Å²) < 4.78 is 13.5. The molecule has 0 fully saturated rings. The largest absolute Gasteiger partial charge is 0.326 e. The summed E-state index contributed by atoms with van der Waals surface area (Å²) in [6.45, 7) is 10.6. The summed E-state index contributed by atoms with van der Waals surface area (Å²) in [5.41, 5.74) is 7.25. The molecular formula is C16H26ClFN2. The molecule has 0 saturated carbocycles. The fourth-order valence-electron chi connectivity index (χ4n) is 2.81. The zero-order valence-electron chi connectivity index (χ0n) is 12.9. The van der Waals surface area contributed by atoms with Gasteiger partial charge in [0.05, 0.1) is 5.02 Å². The van der Waals surface area contributed by atoms with Gasteiger partial charge in [-0.1, -0.05) is 38.4 Å². The topological polar surface area (TPSA) is 29.3 Å². The Morgan fingerprint density at radius 1 is 1.30 bits per heavy atom. The Kier molecular flexibility index (Phi) is 6.44. The van der Waals surface area contributed by atoms with Crippen LogP contribution in [0.4, 0.5) is 4.39 Å². The number of halogens is 2. The summed E-state index contributed by atoms with van der Waals surface area (Å²) in [6.07, 6.45) is 1.61. The van der Waals surface area contributed by atoms with Gasteiger partial charge in [-0.2, -0.15) is 0 Å². The van der Waals surface area contributed by atoms with Crippen LogP contribution in [0.1, 0.15) is 39.7 Å². The van der Waals surface area contributed by atoms with Gasteiger partial charge in [0.1, 0.15) is 5.82 Å². The molecule has 0 heterocycles. The van der Waals surface area contributed by atoms with Crippen molar-refractivity contribution < 1.29 is 4.39 Å². The van der Waals surface area contributed by atoms with Crippen LogP contribution in [0.2, 0.25) is 5.02 Å². The third kappa shape index (κ3) is 3.72. The number of likely N-dealkylation sites (N-methyl/N-ethyl adjacent to an activating group) is 1. The van der Waals surface area contributed by atoms with Crippen molar-refractivity contribution in [3.05, 3.63) is 34.6 Å². The Labute approximate surface area is 127 Å². The fraction of sp³-hybridized carbons (Fsp3) is 0.625. The third-order valence-electron chi connectivity index (χ3n) is 4.44. The van der Waals surface area contributed by atoms with E-state index < -0.39 is 0 Å². The van der Waals surface area contributed by atoms with Crippen LogP contribution in [0.5, 0.6) is 0 Å². The van der Waals surface area contributed by atoms with Gasteiger partial charge in [-0.05, 0) is 50.6 Å². The van der Waals surface area contributed by atoms with Crippen LogP contribution in [0.25, 0.3) is 0 Å². The predicted molar refractivity (Wildman–Crippen MR) is 84.7 cm³/mol. The molecule has 2 N–H and O–H groups in total. The van der Waals surface area contributed by atoms with Crippen molar-refractivity contribution in [2.45, 2.75) is 52.1 Å². The Balaban J connectivity index is 2.91. The normalized spacial score (nSPS) is 16.2. The second-order valence-corrected chi connectivity index (χ2v) is 5.85. The third-order valence-corrected chi connectivity index (χ3v) is 4.75. The molecule has 0 radical (unpaired) electrons. The van der Waals surface area contributed by atoms with Gasteiger partial charge in [0.25, 0.3) is 0 Å². The molecule has 0 aliphatic heterocycles. The SMILES string of the molecule is CCN(CC)C(C)(CC)C(N)Cc1ccc(Cl)c(F)c1. The highest BCUT2D eigenvalue weighted by Gasteiger charge is 2.34. The summed E-state index contributed by atoms with van der Waals surface area (Å²) in [5.74, 6) is -0.377. The van der Waals surface area contributed by atoms with Crippen LogP contribution < -0.4 is 5.73 Å². The molecule has 2 nitrogen and oxygen atoms in total. The van der Waals surface area contributed by atoms with E-state index >= 15 is 0 Å². The molecule has 0 bridgehead atoms. The minimum atomic E-state index is -0.377. The number of nitrogens with two attached hydrogens (primary N) is 1. The van der Waals surface area contributed by atoms with Crippen molar-refractivity contribution in [1.82, 2.24) is 4.90 Å². The maximum absolute atomic E-state index is 13.5. The monoisotopic (exact) mass is 300 g/mol. The minimum Gasteiger partial charge on any atom is -0.326 e. The molecule has 0 spiro atoms. The fourth-order valence-corrected chi connectivity index (χ4v) is 2.92. The lowest BCUT2D eigenvalue weighted by molar-refractivity contribution is 0.0845. The van der Waals surface area contributed by atoms with Crippen molar-refractivity contribution in [3.63, 3.8) is 0 Å². The van der Waals surface area contributed by atoms with E-state index in [4.69, 9.17) is 17.3 Å². The summed E-state index contributed by atoms with van der Waals surface area (Å²) in [4.78, 5) is 2.38. The van der Waals surface area contributed by atoms with Gasteiger partial charge in [-0.3, -0.25) is 4.90 Å².